The first-order valence-corrected chi connectivity index (χ1v) is 10.5. The fourth-order valence-corrected chi connectivity index (χ4v) is 3.25. The topological polar surface area (TPSA) is 158 Å². The number of rotatable bonds is 7. The van der Waals surface area contributed by atoms with E-state index in [0.29, 0.717) is 10.6 Å². The Kier molecular flexibility index (Phi) is 7.22. The van der Waals surface area contributed by atoms with Crippen molar-refractivity contribution in [1.82, 2.24) is 10.4 Å². The second kappa shape index (κ2) is 9.77. The van der Waals surface area contributed by atoms with Gasteiger partial charge in [-0.15, -0.1) is 0 Å². The number of ether oxygens (including phenoxy) is 3. The summed E-state index contributed by atoms with van der Waals surface area (Å²) in [6, 6.07) is 6.82. The molecule has 12 nitrogen and oxygen atoms in total. The molecule has 0 radical (unpaired) electrons. The number of cyclic esters (lactones) is 1. The highest BCUT2D eigenvalue weighted by atomic mass is 16.8. The molecule has 3 atom stereocenters. The van der Waals surface area contributed by atoms with Crippen LogP contribution in [0.1, 0.15) is 45.3 Å². The first-order valence-electron chi connectivity index (χ1n) is 10.5. The number of hydrogen-bond acceptors (Lipinski definition) is 10. The summed E-state index contributed by atoms with van der Waals surface area (Å²) in [4.78, 5) is 67.2. The van der Waals surface area contributed by atoms with Crippen LogP contribution in [0.15, 0.2) is 30.3 Å². The van der Waals surface area contributed by atoms with Gasteiger partial charge in [0.2, 0.25) is 6.79 Å². The van der Waals surface area contributed by atoms with Crippen molar-refractivity contribution in [2.45, 2.75) is 51.5 Å². The van der Waals surface area contributed by atoms with E-state index in [-0.39, 0.29) is 19.4 Å². The van der Waals surface area contributed by atoms with Crippen molar-refractivity contribution in [3.05, 3.63) is 35.9 Å². The van der Waals surface area contributed by atoms with Crippen molar-refractivity contribution in [2.75, 3.05) is 13.4 Å². The highest BCUT2D eigenvalue weighted by Gasteiger charge is 2.60. The van der Waals surface area contributed by atoms with Gasteiger partial charge in [0, 0.05) is 6.42 Å². The van der Waals surface area contributed by atoms with E-state index in [9.17, 15) is 29.1 Å². The van der Waals surface area contributed by atoms with Gasteiger partial charge in [-0.25, -0.2) is 4.79 Å². The first-order chi connectivity index (χ1) is 16.0. The standard InChI is InChI=1S/C22H26N2O10/c1-21(2,3)19(29)31-12-32-20(30)22(10-9-15(25)34-22)24-18(28)14(11-33-24)23-17(27)16(26)13-7-5-4-6-8-13/h4-8,14,16,26H,9-12H2,1-3H3,(H,23,27)/t14-,16+,22?/m0/s1. The third kappa shape index (κ3) is 5.18. The third-order valence-electron chi connectivity index (χ3n) is 5.14. The molecule has 2 N–H and O–H groups in total. The second-order valence-corrected chi connectivity index (χ2v) is 8.79. The minimum absolute atomic E-state index is 0.201. The zero-order valence-corrected chi connectivity index (χ0v) is 18.9. The average molecular weight is 478 g/mol. The highest BCUT2D eigenvalue weighted by Crippen LogP contribution is 2.35. The van der Waals surface area contributed by atoms with E-state index in [1.807, 2.05) is 0 Å². The van der Waals surface area contributed by atoms with Gasteiger partial charge in [-0.05, 0) is 26.3 Å². The Labute approximate surface area is 195 Å². The summed E-state index contributed by atoms with van der Waals surface area (Å²) >= 11 is 0. The quantitative estimate of drug-likeness (QED) is 0.407. The summed E-state index contributed by atoms with van der Waals surface area (Å²) < 4.78 is 15.0. The number of carbonyl (C=O) groups is 5. The molecular weight excluding hydrogens is 452 g/mol. The number of nitrogens with zero attached hydrogens (tertiary/aromatic N) is 1. The molecule has 0 saturated carbocycles. The van der Waals surface area contributed by atoms with Crippen LogP contribution in [0.3, 0.4) is 0 Å². The zero-order chi connectivity index (χ0) is 25.1. The van der Waals surface area contributed by atoms with Crippen LogP contribution >= 0.6 is 0 Å². The number of benzene rings is 1. The molecule has 34 heavy (non-hydrogen) atoms. The predicted octanol–water partition coefficient (Wildman–Crippen LogP) is 0.102. The Hall–Kier alpha value is -3.51. The van der Waals surface area contributed by atoms with Gasteiger partial charge in [0.05, 0.1) is 11.8 Å². The summed E-state index contributed by atoms with van der Waals surface area (Å²) in [6.45, 7) is 3.68. The van der Waals surface area contributed by atoms with Crippen molar-refractivity contribution in [3.63, 3.8) is 0 Å². The monoisotopic (exact) mass is 478 g/mol. The molecule has 2 aliphatic heterocycles. The van der Waals surface area contributed by atoms with Crippen LogP contribution in [0.4, 0.5) is 0 Å². The molecule has 0 spiro atoms. The molecule has 1 aromatic rings. The Balaban J connectivity index is 1.67. The highest BCUT2D eigenvalue weighted by molar-refractivity contribution is 5.95. The number of aliphatic hydroxyl groups is 1. The SMILES string of the molecule is CC(C)(C)C(=O)OCOC(=O)C1(N2OC[C@H](NC(=O)[C@H](O)c3ccccc3)C2=O)CCC(=O)O1. The van der Waals surface area contributed by atoms with Gasteiger partial charge in [-0.1, -0.05) is 30.3 Å². The van der Waals surface area contributed by atoms with E-state index >= 15 is 0 Å². The van der Waals surface area contributed by atoms with Gasteiger partial charge < -0.3 is 24.6 Å². The van der Waals surface area contributed by atoms with Gasteiger partial charge in [-0.2, -0.15) is 5.06 Å². The molecule has 2 amide bonds. The number of hydroxylamine groups is 2. The lowest BCUT2D eigenvalue weighted by atomic mass is 9.98. The molecule has 12 heteroatoms. The Bertz CT molecular complexity index is 974. The second-order valence-electron chi connectivity index (χ2n) is 8.79. The van der Waals surface area contributed by atoms with Gasteiger partial charge in [0.1, 0.15) is 12.6 Å². The lowest BCUT2D eigenvalue weighted by Crippen LogP contribution is -2.57. The van der Waals surface area contributed by atoms with Gasteiger partial charge >= 0.3 is 23.6 Å². The normalized spacial score (nSPS) is 23.3. The molecular formula is C22H26N2O10. The number of carbonyl (C=O) groups excluding carboxylic acids is 5. The fraction of sp³-hybridized carbons (Fsp3) is 0.500. The van der Waals surface area contributed by atoms with E-state index in [2.05, 4.69) is 5.32 Å². The molecule has 0 bridgehead atoms. The number of aliphatic hydroxyl groups excluding tert-OH is 1. The summed E-state index contributed by atoms with van der Waals surface area (Å²) in [7, 11) is 0. The summed E-state index contributed by atoms with van der Waals surface area (Å²) in [5, 5.41) is 13.1. The number of esters is 3. The van der Waals surface area contributed by atoms with Crippen molar-refractivity contribution in [3.8, 4) is 0 Å². The summed E-state index contributed by atoms with van der Waals surface area (Å²) in [6.07, 6.45) is -2.01. The maximum Gasteiger partial charge on any atom is 0.377 e. The Morgan fingerprint density at radius 1 is 1.21 bits per heavy atom. The van der Waals surface area contributed by atoms with Gasteiger partial charge in [0.25, 0.3) is 11.8 Å². The molecule has 1 aromatic carbocycles. The van der Waals surface area contributed by atoms with E-state index in [1.54, 1.807) is 51.1 Å². The van der Waals surface area contributed by atoms with Gasteiger partial charge in [-0.3, -0.25) is 24.0 Å². The van der Waals surface area contributed by atoms with Crippen LogP contribution < -0.4 is 5.32 Å². The summed E-state index contributed by atoms with van der Waals surface area (Å²) in [5.41, 5.74) is -2.76. The van der Waals surface area contributed by atoms with Crippen LogP contribution in [-0.4, -0.2) is 65.1 Å². The molecule has 184 valence electrons. The van der Waals surface area contributed by atoms with Crippen molar-refractivity contribution in [2.24, 2.45) is 5.41 Å². The summed E-state index contributed by atoms with van der Waals surface area (Å²) in [5.74, 6) is -4.32. The zero-order valence-electron chi connectivity index (χ0n) is 18.9. The Morgan fingerprint density at radius 2 is 1.88 bits per heavy atom. The molecule has 2 fully saturated rings. The van der Waals surface area contributed by atoms with E-state index in [4.69, 9.17) is 19.0 Å². The van der Waals surface area contributed by atoms with Crippen molar-refractivity contribution in [1.29, 1.82) is 0 Å². The average Bonchev–Trinajstić information content (AvgIpc) is 3.36. The number of hydrogen-bond donors (Lipinski definition) is 2. The molecule has 2 saturated heterocycles. The Morgan fingerprint density at radius 3 is 2.47 bits per heavy atom. The van der Waals surface area contributed by atoms with Crippen LogP contribution in [0.2, 0.25) is 0 Å². The third-order valence-corrected chi connectivity index (χ3v) is 5.14. The maximum atomic E-state index is 12.9. The maximum absolute atomic E-state index is 12.9. The van der Waals surface area contributed by atoms with Crippen LogP contribution in [0.5, 0.6) is 0 Å². The minimum Gasteiger partial charge on any atom is -0.427 e. The minimum atomic E-state index is -2.24. The van der Waals surface area contributed by atoms with E-state index in [0.717, 1.165) is 0 Å². The molecule has 0 aliphatic carbocycles. The molecule has 0 aromatic heterocycles. The molecule has 1 unspecified atom stereocenters. The fourth-order valence-electron chi connectivity index (χ4n) is 3.25. The smallest absolute Gasteiger partial charge is 0.377 e. The van der Waals surface area contributed by atoms with Crippen LogP contribution in [-0.2, 0) is 43.0 Å². The first kappa shape index (κ1) is 25.1. The largest absolute Gasteiger partial charge is 0.427 e. The van der Waals surface area contributed by atoms with Crippen LogP contribution in [0, 0.1) is 5.41 Å². The lowest BCUT2D eigenvalue weighted by molar-refractivity contribution is -0.262. The molecule has 2 aliphatic rings. The van der Waals surface area contributed by atoms with Crippen molar-refractivity contribution >= 4 is 29.7 Å². The predicted molar refractivity (Wildman–Crippen MR) is 111 cm³/mol. The van der Waals surface area contributed by atoms with Crippen molar-refractivity contribution < 1.29 is 48.1 Å². The lowest BCUT2D eigenvalue weighted by Gasteiger charge is -2.32. The van der Waals surface area contributed by atoms with E-state index in [1.165, 1.54) is 0 Å². The molecule has 3 rings (SSSR count). The van der Waals surface area contributed by atoms with Crippen LogP contribution in [0.25, 0.3) is 0 Å². The van der Waals surface area contributed by atoms with Gasteiger partial charge in [0.15, 0.2) is 6.10 Å². The number of amides is 2. The van der Waals surface area contributed by atoms with E-state index < -0.39 is 59.8 Å². The number of nitrogens with one attached hydrogen (secondary N) is 1. The molecule has 2 heterocycles.